The SMILES string of the molecule is CN1CCC(NC(=O)Nc2cc(F)cc3c2OCOC3)CC1c1nc2ccccc2[nH]1. The van der Waals surface area contributed by atoms with Gasteiger partial charge in [0.25, 0.3) is 0 Å². The summed E-state index contributed by atoms with van der Waals surface area (Å²) in [4.78, 5) is 23.0. The number of nitrogens with zero attached hydrogens (tertiary/aromatic N) is 2. The van der Waals surface area contributed by atoms with Crippen LogP contribution in [0.25, 0.3) is 11.0 Å². The maximum atomic E-state index is 13.9. The number of aromatic amines is 1. The lowest BCUT2D eigenvalue weighted by atomic mass is 9.97. The van der Waals surface area contributed by atoms with Crippen molar-refractivity contribution in [2.24, 2.45) is 0 Å². The number of carbonyl (C=O) groups is 1. The van der Waals surface area contributed by atoms with E-state index in [0.717, 1.165) is 36.2 Å². The van der Waals surface area contributed by atoms with E-state index in [2.05, 4.69) is 27.6 Å². The van der Waals surface area contributed by atoms with E-state index in [0.29, 0.717) is 17.0 Å². The Morgan fingerprint density at radius 2 is 2.19 bits per heavy atom. The summed E-state index contributed by atoms with van der Waals surface area (Å²) in [6.07, 6.45) is 1.53. The second kappa shape index (κ2) is 8.16. The van der Waals surface area contributed by atoms with Crippen molar-refractivity contribution in [3.05, 3.63) is 53.6 Å². The van der Waals surface area contributed by atoms with Crippen LogP contribution in [-0.2, 0) is 11.3 Å². The maximum Gasteiger partial charge on any atom is 0.319 e. The third-order valence-corrected chi connectivity index (χ3v) is 5.85. The number of carbonyl (C=O) groups excluding carboxylic acids is 1. The molecule has 1 aromatic heterocycles. The second-order valence-corrected chi connectivity index (χ2v) is 8.01. The Kier molecular flexibility index (Phi) is 5.21. The fraction of sp³-hybridized carbons (Fsp3) is 0.364. The van der Waals surface area contributed by atoms with Gasteiger partial charge in [0.05, 0.1) is 29.4 Å². The predicted octanol–water partition coefficient (Wildman–Crippen LogP) is 3.53. The Morgan fingerprint density at radius 1 is 1.32 bits per heavy atom. The van der Waals surface area contributed by atoms with Crippen LogP contribution in [0.15, 0.2) is 36.4 Å². The zero-order valence-corrected chi connectivity index (χ0v) is 17.2. The molecule has 3 N–H and O–H groups in total. The minimum absolute atomic E-state index is 0.0388. The first-order valence-corrected chi connectivity index (χ1v) is 10.3. The van der Waals surface area contributed by atoms with E-state index in [1.807, 2.05) is 24.3 Å². The highest BCUT2D eigenvalue weighted by Gasteiger charge is 2.30. The third-order valence-electron chi connectivity index (χ3n) is 5.85. The Hall–Kier alpha value is -3.17. The molecule has 0 spiro atoms. The van der Waals surface area contributed by atoms with Gasteiger partial charge in [0.2, 0.25) is 0 Å². The van der Waals surface area contributed by atoms with Crippen LogP contribution in [-0.4, -0.2) is 47.3 Å². The van der Waals surface area contributed by atoms with Gasteiger partial charge >= 0.3 is 6.03 Å². The molecule has 8 nitrogen and oxygen atoms in total. The van der Waals surface area contributed by atoms with E-state index < -0.39 is 5.82 Å². The van der Waals surface area contributed by atoms with E-state index in [1.165, 1.54) is 12.1 Å². The van der Waals surface area contributed by atoms with Gasteiger partial charge in [-0.15, -0.1) is 0 Å². The summed E-state index contributed by atoms with van der Waals surface area (Å²) in [7, 11) is 2.06. The van der Waals surface area contributed by atoms with Gasteiger partial charge in [-0.2, -0.15) is 0 Å². The summed E-state index contributed by atoms with van der Waals surface area (Å²) in [6.45, 7) is 1.14. The van der Waals surface area contributed by atoms with Crippen LogP contribution in [0, 0.1) is 5.82 Å². The molecule has 3 aromatic rings. The first-order chi connectivity index (χ1) is 15.1. The molecule has 0 saturated carbocycles. The standard InChI is InChI=1S/C22H24FN5O3/c1-28-7-6-15(10-19(28)21-25-16-4-2-3-5-17(16)26-21)24-22(29)27-18-9-14(23)8-13-11-30-12-31-20(13)18/h2-5,8-9,15,19H,6-7,10-12H2,1H3,(H,25,26)(H2,24,27,29). The summed E-state index contributed by atoms with van der Waals surface area (Å²) >= 11 is 0. The minimum Gasteiger partial charge on any atom is -0.465 e. The quantitative estimate of drug-likeness (QED) is 0.597. The molecule has 2 aliphatic heterocycles. The van der Waals surface area contributed by atoms with Crippen molar-refractivity contribution in [2.45, 2.75) is 31.5 Å². The largest absolute Gasteiger partial charge is 0.465 e. The van der Waals surface area contributed by atoms with Gasteiger partial charge in [-0.1, -0.05) is 12.1 Å². The molecule has 2 amide bonds. The van der Waals surface area contributed by atoms with Gasteiger partial charge in [0.1, 0.15) is 11.6 Å². The molecule has 2 atom stereocenters. The highest BCUT2D eigenvalue weighted by atomic mass is 19.1. The number of hydrogen-bond acceptors (Lipinski definition) is 5. The van der Waals surface area contributed by atoms with E-state index in [-0.39, 0.29) is 31.5 Å². The molecule has 2 unspecified atom stereocenters. The first-order valence-electron chi connectivity index (χ1n) is 10.3. The molecule has 0 aliphatic carbocycles. The molecule has 2 aromatic carbocycles. The fourth-order valence-corrected chi connectivity index (χ4v) is 4.28. The number of fused-ring (bicyclic) bond motifs is 2. The van der Waals surface area contributed by atoms with E-state index >= 15 is 0 Å². The molecule has 0 bridgehead atoms. The van der Waals surface area contributed by atoms with Crippen molar-refractivity contribution in [3.8, 4) is 5.75 Å². The van der Waals surface area contributed by atoms with Crippen LogP contribution in [0.1, 0.15) is 30.3 Å². The lowest BCUT2D eigenvalue weighted by Gasteiger charge is -2.36. The number of anilines is 1. The van der Waals surface area contributed by atoms with Crippen molar-refractivity contribution in [1.82, 2.24) is 20.2 Å². The lowest BCUT2D eigenvalue weighted by Crippen LogP contribution is -2.46. The van der Waals surface area contributed by atoms with Crippen molar-refractivity contribution < 1.29 is 18.7 Å². The number of urea groups is 1. The van der Waals surface area contributed by atoms with Gasteiger partial charge in [0.15, 0.2) is 12.5 Å². The highest BCUT2D eigenvalue weighted by molar-refractivity contribution is 5.91. The molecule has 1 saturated heterocycles. The molecule has 9 heteroatoms. The molecular weight excluding hydrogens is 401 g/mol. The van der Waals surface area contributed by atoms with Crippen molar-refractivity contribution in [3.63, 3.8) is 0 Å². The first kappa shape index (κ1) is 19.8. The Balaban J connectivity index is 1.28. The molecular formula is C22H24FN5O3. The Bertz CT molecular complexity index is 1080. The van der Waals surface area contributed by atoms with Crippen LogP contribution in [0.2, 0.25) is 0 Å². The smallest absolute Gasteiger partial charge is 0.319 e. The monoisotopic (exact) mass is 425 g/mol. The van der Waals surface area contributed by atoms with Gasteiger partial charge in [-0.05, 0) is 38.1 Å². The van der Waals surface area contributed by atoms with Gasteiger partial charge in [0, 0.05) is 24.2 Å². The molecule has 2 aliphatic rings. The van der Waals surface area contributed by atoms with Gasteiger partial charge in [-0.3, -0.25) is 4.90 Å². The average Bonchev–Trinajstić information content (AvgIpc) is 3.19. The Labute approximate surface area is 178 Å². The van der Waals surface area contributed by atoms with E-state index in [4.69, 9.17) is 14.5 Å². The Morgan fingerprint density at radius 3 is 3.06 bits per heavy atom. The number of imidazole rings is 1. The summed E-state index contributed by atoms with van der Waals surface area (Å²) < 4.78 is 24.6. The number of halogens is 1. The summed E-state index contributed by atoms with van der Waals surface area (Å²) in [6, 6.07) is 10.2. The van der Waals surface area contributed by atoms with Crippen LogP contribution in [0.3, 0.4) is 0 Å². The van der Waals surface area contributed by atoms with E-state index in [9.17, 15) is 9.18 Å². The van der Waals surface area contributed by atoms with Crippen molar-refractivity contribution in [1.29, 1.82) is 0 Å². The number of ether oxygens (including phenoxy) is 2. The zero-order valence-electron chi connectivity index (χ0n) is 17.2. The summed E-state index contributed by atoms with van der Waals surface area (Å²) in [5.41, 5.74) is 2.81. The van der Waals surface area contributed by atoms with Crippen LogP contribution in [0.4, 0.5) is 14.9 Å². The molecule has 1 fully saturated rings. The number of amides is 2. The number of hydrogen-bond donors (Lipinski definition) is 3. The predicted molar refractivity (Wildman–Crippen MR) is 113 cm³/mol. The molecule has 31 heavy (non-hydrogen) atoms. The van der Waals surface area contributed by atoms with Crippen molar-refractivity contribution >= 4 is 22.8 Å². The second-order valence-electron chi connectivity index (χ2n) is 8.01. The van der Waals surface area contributed by atoms with Crippen LogP contribution < -0.4 is 15.4 Å². The highest BCUT2D eigenvalue weighted by Crippen LogP contribution is 2.34. The minimum atomic E-state index is -0.451. The molecule has 162 valence electrons. The normalized spacial score (nSPS) is 21.4. The van der Waals surface area contributed by atoms with Gasteiger partial charge in [-0.25, -0.2) is 14.2 Å². The average molecular weight is 425 g/mol. The third kappa shape index (κ3) is 4.06. The zero-order chi connectivity index (χ0) is 21.4. The number of rotatable bonds is 3. The summed E-state index contributed by atoms with van der Waals surface area (Å²) in [5, 5.41) is 5.76. The molecule has 3 heterocycles. The van der Waals surface area contributed by atoms with Crippen LogP contribution >= 0.6 is 0 Å². The molecule has 5 rings (SSSR count). The number of benzene rings is 2. The van der Waals surface area contributed by atoms with Crippen molar-refractivity contribution in [2.75, 3.05) is 25.7 Å². The topological polar surface area (TPSA) is 91.5 Å². The number of nitrogens with one attached hydrogen (secondary N) is 3. The fourth-order valence-electron chi connectivity index (χ4n) is 4.28. The number of piperidine rings is 1. The van der Waals surface area contributed by atoms with Gasteiger partial charge < -0.3 is 25.1 Å². The molecule has 0 radical (unpaired) electrons. The van der Waals surface area contributed by atoms with E-state index in [1.54, 1.807) is 0 Å². The number of para-hydroxylation sites is 2. The number of H-pyrrole nitrogens is 1. The summed E-state index contributed by atoms with van der Waals surface area (Å²) in [5.74, 6) is 0.891. The van der Waals surface area contributed by atoms with Crippen LogP contribution in [0.5, 0.6) is 5.75 Å². The number of aromatic nitrogens is 2. The number of likely N-dealkylation sites (tertiary alicyclic amines) is 1. The lowest BCUT2D eigenvalue weighted by molar-refractivity contribution is -0.0160. The maximum absolute atomic E-state index is 13.9.